The average molecular weight is 362 g/mol. The van der Waals surface area contributed by atoms with Crippen LogP contribution in [-0.2, 0) is 30.8 Å². The van der Waals surface area contributed by atoms with Gasteiger partial charge in [0.25, 0.3) is 5.91 Å². The van der Waals surface area contributed by atoms with E-state index in [1.54, 1.807) is 0 Å². The molecule has 0 atom stereocenters. The molecule has 0 spiro atoms. The molecule has 0 heterocycles. The topological polar surface area (TPSA) is 116 Å². The Balaban J connectivity index is 1.82. The van der Waals surface area contributed by atoms with E-state index >= 15 is 0 Å². The largest absolute Gasteiger partial charge is 0.455 e. The molecule has 0 bridgehead atoms. The molecule has 0 fully saturated rings. The highest BCUT2D eigenvalue weighted by molar-refractivity contribution is 7.89. The normalized spacial score (nSPS) is 11.0. The fourth-order valence-corrected chi connectivity index (χ4v) is 2.51. The molecule has 1 amide bonds. The molecule has 0 saturated carbocycles. The molecule has 0 aromatic heterocycles. The number of benzene rings is 2. The Morgan fingerprint density at radius 2 is 1.64 bits per heavy atom. The van der Waals surface area contributed by atoms with Crippen LogP contribution in [0.5, 0.6) is 0 Å². The lowest BCUT2D eigenvalue weighted by Crippen LogP contribution is -2.21. The van der Waals surface area contributed by atoms with Gasteiger partial charge in [0.15, 0.2) is 6.61 Å². The van der Waals surface area contributed by atoms with Crippen LogP contribution < -0.4 is 10.5 Å². The van der Waals surface area contributed by atoms with Crippen molar-refractivity contribution in [3.8, 4) is 0 Å². The highest BCUT2D eigenvalue weighted by Crippen LogP contribution is 2.12. The number of aryl methyl sites for hydroxylation is 1. The third kappa shape index (κ3) is 6.02. The van der Waals surface area contributed by atoms with Crippen LogP contribution in [0.1, 0.15) is 11.1 Å². The lowest BCUT2D eigenvalue weighted by atomic mass is 10.1. The minimum Gasteiger partial charge on any atom is -0.455 e. The summed E-state index contributed by atoms with van der Waals surface area (Å²) in [6.45, 7) is 1.52. The first-order valence-electron chi connectivity index (χ1n) is 7.38. The van der Waals surface area contributed by atoms with E-state index in [-0.39, 0.29) is 11.3 Å². The summed E-state index contributed by atoms with van der Waals surface area (Å²) in [5.74, 6) is -1.04. The van der Waals surface area contributed by atoms with Gasteiger partial charge >= 0.3 is 5.97 Å². The number of amides is 1. The van der Waals surface area contributed by atoms with Crippen molar-refractivity contribution >= 4 is 27.6 Å². The first kappa shape index (κ1) is 18.6. The molecule has 0 aliphatic carbocycles. The second-order valence-electron chi connectivity index (χ2n) is 5.44. The van der Waals surface area contributed by atoms with Gasteiger partial charge in [-0.15, -0.1) is 0 Å². The number of carbonyl (C=O) groups is 2. The van der Waals surface area contributed by atoms with Gasteiger partial charge in [0.2, 0.25) is 10.0 Å². The summed E-state index contributed by atoms with van der Waals surface area (Å²) in [6.07, 6.45) is 0.0800. The highest BCUT2D eigenvalue weighted by atomic mass is 32.2. The van der Waals surface area contributed by atoms with Gasteiger partial charge in [0.05, 0.1) is 11.3 Å². The van der Waals surface area contributed by atoms with E-state index in [4.69, 9.17) is 9.88 Å². The number of hydrogen-bond donors (Lipinski definition) is 2. The minimum atomic E-state index is -3.78. The van der Waals surface area contributed by atoms with Gasteiger partial charge in [-0.05, 0) is 36.8 Å². The van der Waals surface area contributed by atoms with Crippen LogP contribution in [0, 0.1) is 6.92 Å². The number of esters is 1. The Kier molecular flexibility index (Phi) is 5.89. The molecule has 2 aromatic rings. The molecule has 0 saturated heterocycles. The molecule has 3 N–H and O–H groups in total. The van der Waals surface area contributed by atoms with Gasteiger partial charge in [-0.25, -0.2) is 13.6 Å². The summed E-state index contributed by atoms with van der Waals surface area (Å²) in [5.41, 5.74) is 2.26. The molecule has 0 aliphatic heterocycles. The number of primary sulfonamides is 1. The number of ether oxygens (including phenoxy) is 1. The predicted octanol–water partition coefficient (Wildman–Crippen LogP) is 1.37. The smallest absolute Gasteiger partial charge is 0.310 e. The molecular weight excluding hydrogens is 344 g/mol. The lowest BCUT2D eigenvalue weighted by molar-refractivity contribution is -0.146. The number of nitrogens with two attached hydrogens (primary N) is 1. The van der Waals surface area contributed by atoms with Gasteiger partial charge in [0.1, 0.15) is 0 Å². The zero-order valence-corrected chi connectivity index (χ0v) is 14.4. The summed E-state index contributed by atoms with van der Waals surface area (Å²) >= 11 is 0. The van der Waals surface area contributed by atoms with E-state index in [1.807, 2.05) is 31.2 Å². The summed E-state index contributed by atoms with van der Waals surface area (Å²) in [4.78, 5) is 23.4. The lowest BCUT2D eigenvalue weighted by Gasteiger charge is -2.07. The van der Waals surface area contributed by atoms with Crippen LogP contribution in [0.3, 0.4) is 0 Å². The molecular formula is C17H18N2O5S. The van der Waals surface area contributed by atoms with Crippen molar-refractivity contribution in [3.63, 3.8) is 0 Å². The second kappa shape index (κ2) is 7.91. The first-order chi connectivity index (χ1) is 11.7. The Morgan fingerprint density at radius 1 is 1.04 bits per heavy atom. The van der Waals surface area contributed by atoms with Crippen LogP contribution in [0.4, 0.5) is 5.69 Å². The first-order valence-corrected chi connectivity index (χ1v) is 8.92. The minimum absolute atomic E-state index is 0.0602. The SMILES string of the molecule is Cc1ccc(CC(=O)OCC(=O)Nc2ccc(S(N)(=O)=O)cc2)cc1. The maximum Gasteiger partial charge on any atom is 0.310 e. The zero-order valence-electron chi connectivity index (χ0n) is 13.6. The highest BCUT2D eigenvalue weighted by Gasteiger charge is 2.10. The van der Waals surface area contributed by atoms with E-state index in [2.05, 4.69) is 5.32 Å². The number of anilines is 1. The molecule has 8 heteroatoms. The maximum atomic E-state index is 11.8. The maximum absolute atomic E-state index is 11.8. The molecule has 132 valence electrons. The van der Waals surface area contributed by atoms with Crippen LogP contribution in [0.15, 0.2) is 53.4 Å². The monoisotopic (exact) mass is 362 g/mol. The molecule has 0 radical (unpaired) electrons. The van der Waals surface area contributed by atoms with Gasteiger partial charge < -0.3 is 10.1 Å². The van der Waals surface area contributed by atoms with Crippen LogP contribution in [0.2, 0.25) is 0 Å². The Hall–Kier alpha value is -2.71. The molecule has 2 aromatic carbocycles. The number of nitrogens with one attached hydrogen (secondary N) is 1. The Labute approximate surface area is 145 Å². The molecule has 0 aliphatic rings. The zero-order chi connectivity index (χ0) is 18.4. The second-order valence-corrected chi connectivity index (χ2v) is 7.00. The number of rotatable bonds is 6. The van der Waals surface area contributed by atoms with Gasteiger partial charge in [-0.3, -0.25) is 9.59 Å². The van der Waals surface area contributed by atoms with Crippen molar-refractivity contribution in [1.29, 1.82) is 0 Å². The number of hydrogen-bond acceptors (Lipinski definition) is 5. The third-order valence-corrected chi connectivity index (χ3v) is 4.23. The fraction of sp³-hybridized carbons (Fsp3) is 0.176. The molecule has 7 nitrogen and oxygen atoms in total. The fourth-order valence-electron chi connectivity index (χ4n) is 1.99. The van der Waals surface area contributed by atoms with E-state index in [0.29, 0.717) is 5.69 Å². The summed E-state index contributed by atoms with van der Waals surface area (Å²) in [7, 11) is -3.78. The average Bonchev–Trinajstić information content (AvgIpc) is 2.55. The number of sulfonamides is 1. The molecule has 25 heavy (non-hydrogen) atoms. The third-order valence-electron chi connectivity index (χ3n) is 3.30. The van der Waals surface area contributed by atoms with Crippen molar-refractivity contribution in [3.05, 3.63) is 59.7 Å². The van der Waals surface area contributed by atoms with Crippen molar-refractivity contribution < 1.29 is 22.7 Å². The van der Waals surface area contributed by atoms with Gasteiger partial charge in [-0.1, -0.05) is 29.8 Å². The Bertz CT molecular complexity index is 859. The quantitative estimate of drug-likeness (QED) is 0.753. The van der Waals surface area contributed by atoms with E-state index in [0.717, 1.165) is 11.1 Å². The van der Waals surface area contributed by atoms with Crippen LogP contribution >= 0.6 is 0 Å². The number of carbonyl (C=O) groups excluding carboxylic acids is 2. The predicted molar refractivity (Wildman–Crippen MR) is 92.3 cm³/mol. The van der Waals surface area contributed by atoms with Crippen molar-refractivity contribution in [2.75, 3.05) is 11.9 Å². The van der Waals surface area contributed by atoms with E-state index in [9.17, 15) is 18.0 Å². The summed E-state index contributed by atoms with van der Waals surface area (Å²) in [5, 5.41) is 7.48. The van der Waals surface area contributed by atoms with Crippen molar-refractivity contribution in [2.24, 2.45) is 5.14 Å². The standard InChI is InChI=1S/C17H18N2O5S/c1-12-2-4-13(5-3-12)10-17(21)24-11-16(20)19-14-6-8-15(9-7-14)25(18,22)23/h2-9H,10-11H2,1H3,(H,19,20)(H2,18,22,23). The van der Waals surface area contributed by atoms with E-state index < -0.39 is 28.5 Å². The van der Waals surface area contributed by atoms with Crippen LogP contribution in [-0.4, -0.2) is 26.9 Å². The van der Waals surface area contributed by atoms with Crippen molar-refractivity contribution in [2.45, 2.75) is 18.2 Å². The van der Waals surface area contributed by atoms with Crippen molar-refractivity contribution in [1.82, 2.24) is 0 Å². The van der Waals surface area contributed by atoms with Crippen LogP contribution in [0.25, 0.3) is 0 Å². The van der Waals surface area contributed by atoms with E-state index in [1.165, 1.54) is 24.3 Å². The summed E-state index contributed by atoms with van der Waals surface area (Å²) < 4.78 is 27.2. The summed E-state index contributed by atoms with van der Waals surface area (Å²) in [6, 6.07) is 12.8. The van der Waals surface area contributed by atoms with Gasteiger partial charge in [0, 0.05) is 5.69 Å². The Morgan fingerprint density at radius 3 is 2.20 bits per heavy atom. The molecule has 0 unspecified atom stereocenters. The molecule has 2 rings (SSSR count). The van der Waals surface area contributed by atoms with Gasteiger partial charge in [-0.2, -0.15) is 0 Å².